The van der Waals surface area contributed by atoms with E-state index >= 15 is 0 Å². The summed E-state index contributed by atoms with van der Waals surface area (Å²) in [6, 6.07) is 23.2. The van der Waals surface area contributed by atoms with Crippen molar-refractivity contribution in [2.24, 2.45) is 0 Å². The molecule has 0 amide bonds. The molecule has 108 valence electrons. The summed E-state index contributed by atoms with van der Waals surface area (Å²) in [6.45, 7) is 2.23. The first-order chi connectivity index (χ1) is 10.8. The van der Waals surface area contributed by atoms with Gasteiger partial charge in [-0.25, -0.2) is 0 Å². The molecular weight excluding hydrogens is 266 g/mol. The summed E-state index contributed by atoms with van der Waals surface area (Å²) < 4.78 is 0. The summed E-state index contributed by atoms with van der Waals surface area (Å²) in [7, 11) is 0. The second-order valence-electron chi connectivity index (χ2n) is 5.69. The molecule has 0 fully saturated rings. The first kappa shape index (κ1) is 14.4. The molecule has 0 aliphatic carbocycles. The first-order valence-electron chi connectivity index (χ1n) is 7.83. The van der Waals surface area contributed by atoms with Gasteiger partial charge in [-0.1, -0.05) is 55.8 Å². The Balaban J connectivity index is 1.94. The van der Waals surface area contributed by atoms with Gasteiger partial charge >= 0.3 is 0 Å². The highest BCUT2D eigenvalue weighted by atomic mass is 14.2. The fourth-order valence-corrected chi connectivity index (χ4v) is 2.75. The predicted octanol–water partition coefficient (Wildman–Crippen LogP) is 5.72. The highest BCUT2D eigenvalue weighted by Crippen LogP contribution is 2.26. The maximum atomic E-state index is 8.88. The van der Waals surface area contributed by atoms with E-state index in [1.807, 2.05) is 24.3 Å². The second kappa shape index (κ2) is 6.45. The van der Waals surface area contributed by atoms with E-state index in [1.54, 1.807) is 0 Å². The number of hydrogen-bond donors (Lipinski definition) is 0. The lowest BCUT2D eigenvalue weighted by Gasteiger charge is -2.07. The molecule has 3 aromatic carbocycles. The van der Waals surface area contributed by atoms with E-state index in [4.69, 9.17) is 5.26 Å². The van der Waals surface area contributed by atoms with Crippen molar-refractivity contribution in [2.75, 3.05) is 0 Å². The van der Waals surface area contributed by atoms with Crippen molar-refractivity contribution < 1.29 is 0 Å². The Hall–Kier alpha value is -2.59. The predicted molar refractivity (Wildman–Crippen MR) is 92.7 cm³/mol. The van der Waals surface area contributed by atoms with Crippen molar-refractivity contribution in [3.63, 3.8) is 0 Å². The van der Waals surface area contributed by atoms with Crippen molar-refractivity contribution in [1.82, 2.24) is 0 Å². The number of fused-ring (bicyclic) bond motifs is 1. The zero-order valence-electron chi connectivity index (χ0n) is 12.8. The average molecular weight is 285 g/mol. The molecule has 0 heterocycles. The minimum absolute atomic E-state index is 0.699. The van der Waals surface area contributed by atoms with Gasteiger partial charge in [-0.3, -0.25) is 0 Å². The van der Waals surface area contributed by atoms with Gasteiger partial charge in [-0.2, -0.15) is 5.26 Å². The number of aryl methyl sites for hydroxylation is 1. The van der Waals surface area contributed by atoms with Gasteiger partial charge in [0.1, 0.15) is 0 Å². The fourth-order valence-electron chi connectivity index (χ4n) is 2.75. The molecule has 0 unspecified atom stereocenters. The smallest absolute Gasteiger partial charge is 0.0991 e. The number of rotatable bonds is 4. The van der Waals surface area contributed by atoms with E-state index in [9.17, 15) is 0 Å². The summed E-state index contributed by atoms with van der Waals surface area (Å²) in [6.07, 6.45) is 3.63. The van der Waals surface area contributed by atoms with Crippen LogP contribution in [-0.4, -0.2) is 0 Å². The number of unbranched alkanes of at least 4 members (excludes halogenated alkanes) is 1. The van der Waals surface area contributed by atoms with Crippen molar-refractivity contribution in [2.45, 2.75) is 26.2 Å². The fraction of sp³-hybridized carbons (Fsp3) is 0.190. The third-order valence-corrected chi connectivity index (χ3v) is 4.07. The number of nitriles is 1. The zero-order valence-corrected chi connectivity index (χ0v) is 12.8. The molecule has 0 spiro atoms. The Kier molecular flexibility index (Phi) is 4.21. The lowest BCUT2D eigenvalue weighted by Crippen LogP contribution is -1.85. The molecule has 0 atom stereocenters. The molecule has 3 rings (SSSR count). The minimum Gasteiger partial charge on any atom is -0.192 e. The molecule has 0 aromatic heterocycles. The molecule has 22 heavy (non-hydrogen) atoms. The Morgan fingerprint density at radius 3 is 2.23 bits per heavy atom. The van der Waals surface area contributed by atoms with Gasteiger partial charge in [0.25, 0.3) is 0 Å². The molecule has 1 nitrogen and oxygen atoms in total. The summed E-state index contributed by atoms with van der Waals surface area (Å²) in [5, 5.41) is 11.4. The summed E-state index contributed by atoms with van der Waals surface area (Å²) in [5.41, 5.74) is 4.46. The van der Waals surface area contributed by atoms with Crippen molar-refractivity contribution >= 4 is 10.8 Å². The second-order valence-corrected chi connectivity index (χ2v) is 5.69. The van der Waals surface area contributed by atoms with Crippen LogP contribution in [0.25, 0.3) is 21.9 Å². The van der Waals surface area contributed by atoms with E-state index in [0.717, 1.165) is 12.0 Å². The van der Waals surface area contributed by atoms with E-state index in [-0.39, 0.29) is 0 Å². The van der Waals surface area contributed by atoms with Crippen LogP contribution in [0, 0.1) is 11.3 Å². The minimum atomic E-state index is 0.699. The lowest BCUT2D eigenvalue weighted by atomic mass is 9.98. The van der Waals surface area contributed by atoms with Crippen LogP contribution in [0.2, 0.25) is 0 Å². The summed E-state index contributed by atoms with van der Waals surface area (Å²) in [4.78, 5) is 0. The maximum absolute atomic E-state index is 8.88. The molecule has 1 heteroatoms. The number of benzene rings is 3. The van der Waals surface area contributed by atoms with Crippen LogP contribution in [0.5, 0.6) is 0 Å². The van der Waals surface area contributed by atoms with Crippen LogP contribution >= 0.6 is 0 Å². The van der Waals surface area contributed by atoms with Crippen LogP contribution in [0.1, 0.15) is 30.9 Å². The van der Waals surface area contributed by atoms with E-state index < -0.39 is 0 Å². The van der Waals surface area contributed by atoms with Gasteiger partial charge in [-0.05, 0) is 58.5 Å². The van der Waals surface area contributed by atoms with Crippen LogP contribution < -0.4 is 0 Å². The molecule has 0 bridgehead atoms. The number of nitrogens with zero attached hydrogens (tertiary/aromatic N) is 1. The molecular formula is C21H19N. The van der Waals surface area contributed by atoms with E-state index in [0.29, 0.717) is 5.56 Å². The Morgan fingerprint density at radius 1 is 0.818 bits per heavy atom. The summed E-state index contributed by atoms with van der Waals surface area (Å²) >= 11 is 0. The Bertz CT molecular complexity index is 823. The largest absolute Gasteiger partial charge is 0.192 e. The van der Waals surface area contributed by atoms with Crippen LogP contribution in [0.4, 0.5) is 0 Å². The summed E-state index contributed by atoms with van der Waals surface area (Å²) in [5.74, 6) is 0. The average Bonchev–Trinajstić information content (AvgIpc) is 2.59. The van der Waals surface area contributed by atoms with Crippen molar-refractivity contribution in [3.8, 4) is 17.2 Å². The van der Waals surface area contributed by atoms with E-state index in [1.165, 1.54) is 34.7 Å². The van der Waals surface area contributed by atoms with Crippen LogP contribution in [0.15, 0.2) is 60.7 Å². The SMILES string of the molecule is CCCCc1ccc2cc(-c3ccc(C#N)cc3)ccc2c1. The van der Waals surface area contributed by atoms with E-state index in [2.05, 4.69) is 49.4 Å². The third kappa shape index (κ3) is 3.02. The molecule has 0 saturated carbocycles. The molecule has 3 aromatic rings. The topological polar surface area (TPSA) is 23.8 Å². The molecule has 0 aliphatic rings. The maximum Gasteiger partial charge on any atom is 0.0991 e. The number of hydrogen-bond acceptors (Lipinski definition) is 1. The molecule has 0 aliphatic heterocycles. The van der Waals surface area contributed by atoms with Crippen LogP contribution in [0.3, 0.4) is 0 Å². The van der Waals surface area contributed by atoms with Gasteiger partial charge in [0, 0.05) is 0 Å². The molecule has 0 radical (unpaired) electrons. The van der Waals surface area contributed by atoms with Gasteiger partial charge in [0.05, 0.1) is 11.6 Å². The van der Waals surface area contributed by atoms with Crippen molar-refractivity contribution in [3.05, 3.63) is 71.8 Å². The van der Waals surface area contributed by atoms with Crippen molar-refractivity contribution in [1.29, 1.82) is 5.26 Å². The van der Waals surface area contributed by atoms with Gasteiger partial charge in [-0.15, -0.1) is 0 Å². The highest BCUT2D eigenvalue weighted by Gasteiger charge is 2.02. The first-order valence-corrected chi connectivity index (χ1v) is 7.83. The van der Waals surface area contributed by atoms with Gasteiger partial charge in [0.2, 0.25) is 0 Å². The normalized spacial score (nSPS) is 10.5. The Morgan fingerprint density at radius 2 is 1.50 bits per heavy atom. The van der Waals surface area contributed by atoms with Gasteiger partial charge < -0.3 is 0 Å². The van der Waals surface area contributed by atoms with Gasteiger partial charge in [0.15, 0.2) is 0 Å². The molecule has 0 N–H and O–H groups in total. The third-order valence-electron chi connectivity index (χ3n) is 4.07. The molecule has 0 saturated heterocycles. The standard InChI is InChI=1S/C21H19N/c1-2-3-4-16-5-10-21-14-20(12-11-19(21)13-16)18-8-6-17(15-22)7-9-18/h5-14H,2-4H2,1H3. The highest BCUT2D eigenvalue weighted by molar-refractivity contribution is 5.87. The quantitative estimate of drug-likeness (QED) is 0.601. The monoisotopic (exact) mass is 285 g/mol. The lowest BCUT2D eigenvalue weighted by molar-refractivity contribution is 0.796. The Labute approximate surface area is 131 Å². The van der Waals surface area contributed by atoms with Crippen LogP contribution in [-0.2, 0) is 6.42 Å². The zero-order chi connectivity index (χ0) is 15.4.